The number of aryl methyl sites for hydroxylation is 2. The topological polar surface area (TPSA) is 62.4 Å². The van der Waals surface area contributed by atoms with E-state index in [2.05, 4.69) is 15.8 Å². The van der Waals surface area contributed by atoms with Crippen LogP contribution in [-0.4, -0.2) is 10.8 Å². The van der Waals surface area contributed by atoms with Gasteiger partial charge in [-0.3, -0.25) is 5.43 Å². The lowest BCUT2D eigenvalue weighted by Gasteiger charge is -2.13. The van der Waals surface area contributed by atoms with Gasteiger partial charge in [0.05, 0.1) is 5.71 Å². The average molecular weight is 312 g/mol. The quantitative estimate of drug-likeness (QED) is 0.351. The molecule has 0 heterocycles. The van der Waals surface area contributed by atoms with Crippen molar-refractivity contribution in [2.45, 2.75) is 20.8 Å². The second kappa shape index (κ2) is 7.04. The molecule has 0 aliphatic carbocycles. The van der Waals surface area contributed by atoms with Crippen molar-refractivity contribution in [2.24, 2.45) is 5.10 Å². The minimum Gasteiger partial charge on any atom is -0.399 e. The number of anilines is 2. The van der Waals surface area contributed by atoms with E-state index >= 15 is 0 Å². The van der Waals surface area contributed by atoms with Gasteiger partial charge in [0.1, 0.15) is 0 Å². The molecule has 5 heteroatoms. The Morgan fingerprint density at radius 3 is 2.23 bits per heavy atom. The summed E-state index contributed by atoms with van der Waals surface area (Å²) in [5.74, 6) is 0. The predicted molar refractivity (Wildman–Crippen MR) is 98.3 cm³/mol. The minimum absolute atomic E-state index is 0.465. The summed E-state index contributed by atoms with van der Waals surface area (Å²) in [6.45, 7) is 6.00. The molecular weight excluding hydrogens is 292 g/mol. The number of para-hydroxylation sites is 1. The number of rotatable bonds is 3. The monoisotopic (exact) mass is 312 g/mol. The van der Waals surface area contributed by atoms with Gasteiger partial charge in [0.2, 0.25) is 0 Å². The third-order valence-electron chi connectivity index (χ3n) is 3.37. The van der Waals surface area contributed by atoms with Crippen molar-refractivity contribution in [1.82, 2.24) is 5.43 Å². The van der Waals surface area contributed by atoms with Gasteiger partial charge >= 0.3 is 0 Å². The number of nitrogens with two attached hydrogens (primary N) is 1. The molecule has 0 atom stereocenters. The molecule has 0 spiro atoms. The SMILES string of the molecule is C/C(=N/NC(=S)Nc1c(C)cccc1C)c1ccc(N)cc1. The molecule has 0 amide bonds. The van der Waals surface area contributed by atoms with Crippen molar-refractivity contribution < 1.29 is 0 Å². The van der Waals surface area contributed by atoms with Crippen LogP contribution in [0.1, 0.15) is 23.6 Å². The van der Waals surface area contributed by atoms with Crippen molar-refractivity contribution in [3.8, 4) is 0 Å². The fraction of sp³-hybridized carbons (Fsp3) is 0.176. The Labute approximate surface area is 136 Å². The highest BCUT2D eigenvalue weighted by Gasteiger charge is 2.04. The predicted octanol–water partition coefficient (Wildman–Crippen LogP) is 3.60. The van der Waals surface area contributed by atoms with Crippen LogP contribution < -0.4 is 16.5 Å². The molecule has 4 N–H and O–H groups in total. The Morgan fingerprint density at radius 2 is 1.64 bits per heavy atom. The van der Waals surface area contributed by atoms with E-state index in [9.17, 15) is 0 Å². The van der Waals surface area contributed by atoms with E-state index in [-0.39, 0.29) is 0 Å². The molecule has 0 saturated heterocycles. The third kappa shape index (κ3) is 4.05. The number of hydrogen-bond donors (Lipinski definition) is 3. The highest BCUT2D eigenvalue weighted by Crippen LogP contribution is 2.19. The molecule has 0 bridgehead atoms. The molecule has 0 saturated carbocycles. The molecule has 2 aromatic carbocycles. The Hall–Kier alpha value is -2.40. The zero-order valence-electron chi connectivity index (χ0n) is 13.0. The normalized spacial score (nSPS) is 11.1. The minimum atomic E-state index is 0.465. The first-order chi connectivity index (χ1) is 10.5. The van der Waals surface area contributed by atoms with E-state index in [0.29, 0.717) is 5.11 Å². The third-order valence-corrected chi connectivity index (χ3v) is 3.57. The van der Waals surface area contributed by atoms with Gasteiger partial charge in [0.15, 0.2) is 5.11 Å². The highest BCUT2D eigenvalue weighted by molar-refractivity contribution is 7.80. The number of nitrogen functional groups attached to an aromatic ring is 1. The van der Waals surface area contributed by atoms with Crippen LogP contribution in [0.15, 0.2) is 47.6 Å². The summed E-state index contributed by atoms with van der Waals surface area (Å²) in [4.78, 5) is 0. The Morgan fingerprint density at radius 1 is 1.05 bits per heavy atom. The van der Waals surface area contributed by atoms with Gasteiger partial charge in [-0.2, -0.15) is 5.10 Å². The summed E-state index contributed by atoms with van der Waals surface area (Å²) in [6, 6.07) is 13.7. The fourth-order valence-corrected chi connectivity index (χ4v) is 2.22. The molecular formula is C17H20N4S. The summed E-state index contributed by atoms with van der Waals surface area (Å²) in [5, 5.41) is 7.95. The summed E-state index contributed by atoms with van der Waals surface area (Å²) in [6.07, 6.45) is 0. The lowest BCUT2D eigenvalue weighted by atomic mass is 10.1. The molecule has 0 radical (unpaired) electrons. The molecule has 0 unspecified atom stereocenters. The Kier molecular flexibility index (Phi) is 5.12. The van der Waals surface area contributed by atoms with Gasteiger partial charge < -0.3 is 11.1 Å². The maximum absolute atomic E-state index is 5.68. The zero-order valence-corrected chi connectivity index (χ0v) is 13.8. The van der Waals surface area contributed by atoms with Crippen LogP contribution in [-0.2, 0) is 0 Å². The van der Waals surface area contributed by atoms with Crippen LogP contribution in [0.4, 0.5) is 11.4 Å². The number of benzene rings is 2. The smallest absolute Gasteiger partial charge is 0.191 e. The summed E-state index contributed by atoms with van der Waals surface area (Å²) in [5.41, 5.74) is 14.4. The van der Waals surface area contributed by atoms with Crippen molar-refractivity contribution in [2.75, 3.05) is 11.1 Å². The number of thiocarbonyl (C=S) groups is 1. The molecule has 0 aromatic heterocycles. The van der Waals surface area contributed by atoms with E-state index < -0.39 is 0 Å². The van der Waals surface area contributed by atoms with Gasteiger partial charge in [-0.15, -0.1) is 0 Å². The lowest BCUT2D eigenvalue weighted by molar-refractivity contribution is 1.04. The molecule has 114 valence electrons. The number of hydrogen-bond acceptors (Lipinski definition) is 3. The zero-order chi connectivity index (χ0) is 16.1. The highest BCUT2D eigenvalue weighted by atomic mass is 32.1. The van der Waals surface area contributed by atoms with Gasteiger partial charge in [-0.05, 0) is 61.8 Å². The van der Waals surface area contributed by atoms with E-state index in [4.69, 9.17) is 18.0 Å². The standard InChI is InChI=1S/C17H20N4S/c1-11-5-4-6-12(2)16(11)19-17(22)21-20-13(3)14-7-9-15(18)10-8-14/h4-10H,18H2,1-3H3,(H2,19,21,22)/b20-13-. The van der Waals surface area contributed by atoms with E-state index in [1.54, 1.807) is 0 Å². The Balaban J connectivity index is 2.03. The molecule has 0 fully saturated rings. The molecule has 4 nitrogen and oxygen atoms in total. The number of hydrazone groups is 1. The second-order valence-electron chi connectivity index (χ2n) is 5.15. The van der Waals surface area contributed by atoms with E-state index in [0.717, 1.165) is 33.8 Å². The van der Waals surface area contributed by atoms with Gasteiger partial charge in [0, 0.05) is 11.4 Å². The first kappa shape index (κ1) is 16.0. The maximum Gasteiger partial charge on any atom is 0.191 e. The van der Waals surface area contributed by atoms with Gasteiger partial charge in [0.25, 0.3) is 0 Å². The van der Waals surface area contributed by atoms with Crippen LogP contribution in [0.5, 0.6) is 0 Å². The van der Waals surface area contributed by atoms with Crippen molar-refractivity contribution in [3.63, 3.8) is 0 Å². The number of nitrogens with zero attached hydrogens (tertiary/aromatic N) is 1. The summed E-state index contributed by atoms with van der Waals surface area (Å²) in [7, 11) is 0. The molecule has 22 heavy (non-hydrogen) atoms. The van der Waals surface area contributed by atoms with Crippen molar-refractivity contribution in [1.29, 1.82) is 0 Å². The van der Waals surface area contributed by atoms with Crippen LogP contribution in [0.3, 0.4) is 0 Å². The van der Waals surface area contributed by atoms with Gasteiger partial charge in [-0.25, -0.2) is 0 Å². The summed E-state index contributed by atoms with van der Waals surface area (Å²) < 4.78 is 0. The van der Waals surface area contributed by atoms with Crippen molar-refractivity contribution in [3.05, 3.63) is 59.2 Å². The molecule has 2 rings (SSSR count). The van der Waals surface area contributed by atoms with Crippen LogP contribution in [0.25, 0.3) is 0 Å². The first-order valence-electron chi connectivity index (χ1n) is 7.01. The maximum atomic E-state index is 5.68. The Bertz CT molecular complexity index is 685. The second-order valence-corrected chi connectivity index (χ2v) is 5.56. The summed E-state index contributed by atoms with van der Waals surface area (Å²) >= 11 is 5.30. The average Bonchev–Trinajstić information content (AvgIpc) is 2.49. The fourth-order valence-electron chi connectivity index (χ4n) is 2.08. The number of nitrogens with one attached hydrogen (secondary N) is 2. The molecule has 0 aliphatic heterocycles. The van der Waals surface area contributed by atoms with Gasteiger partial charge in [-0.1, -0.05) is 30.3 Å². The molecule has 0 aliphatic rings. The van der Waals surface area contributed by atoms with Crippen LogP contribution in [0, 0.1) is 13.8 Å². The van der Waals surface area contributed by atoms with E-state index in [1.165, 1.54) is 0 Å². The molecule has 2 aromatic rings. The van der Waals surface area contributed by atoms with Crippen LogP contribution in [0.2, 0.25) is 0 Å². The van der Waals surface area contributed by atoms with Crippen LogP contribution >= 0.6 is 12.2 Å². The first-order valence-corrected chi connectivity index (χ1v) is 7.41. The van der Waals surface area contributed by atoms with E-state index in [1.807, 2.05) is 63.2 Å². The van der Waals surface area contributed by atoms with Crippen molar-refractivity contribution >= 4 is 34.4 Å². The largest absolute Gasteiger partial charge is 0.399 e. The lowest BCUT2D eigenvalue weighted by Crippen LogP contribution is -2.25.